The van der Waals surface area contributed by atoms with Gasteiger partial charge < -0.3 is 20.1 Å². The Balaban J connectivity index is 0.00000450. The minimum atomic E-state index is -0.326. The number of hydrogen-bond acceptors (Lipinski definition) is 4. The molecule has 164 valence electrons. The van der Waals surface area contributed by atoms with Crippen molar-refractivity contribution in [2.24, 2.45) is 4.99 Å². The molecule has 0 saturated carbocycles. The number of carbonyl (C=O) groups is 1. The summed E-state index contributed by atoms with van der Waals surface area (Å²) in [6.07, 6.45) is 2.04. The van der Waals surface area contributed by atoms with Crippen LogP contribution in [0.5, 0.6) is 0 Å². The number of ether oxygens (including phenoxy) is 2. The lowest BCUT2D eigenvalue weighted by Crippen LogP contribution is -2.37. The highest BCUT2D eigenvalue weighted by Gasteiger charge is 2.08. The molecule has 0 bridgehead atoms. The maximum atomic E-state index is 12.3. The van der Waals surface area contributed by atoms with E-state index in [1.54, 1.807) is 13.1 Å². The molecule has 30 heavy (non-hydrogen) atoms. The number of esters is 1. The summed E-state index contributed by atoms with van der Waals surface area (Å²) in [5.41, 5.74) is 2.49. The van der Waals surface area contributed by atoms with Crippen molar-refractivity contribution in [3.05, 3.63) is 71.3 Å². The molecule has 2 aromatic carbocycles. The summed E-state index contributed by atoms with van der Waals surface area (Å²) >= 11 is 0. The Bertz CT molecular complexity index is 769. The molecule has 0 fully saturated rings. The zero-order valence-corrected chi connectivity index (χ0v) is 20.1. The van der Waals surface area contributed by atoms with Crippen molar-refractivity contribution in [2.75, 3.05) is 26.8 Å². The van der Waals surface area contributed by atoms with Crippen molar-refractivity contribution in [1.82, 2.24) is 10.6 Å². The molecule has 0 amide bonds. The van der Waals surface area contributed by atoms with E-state index in [9.17, 15) is 4.79 Å². The van der Waals surface area contributed by atoms with Crippen LogP contribution in [0.2, 0.25) is 0 Å². The molecule has 7 heteroatoms. The summed E-state index contributed by atoms with van der Waals surface area (Å²) in [7, 11) is 1.74. The Morgan fingerprint density at radius 2 is 1.77 bits per heavy atom. The van der Waals surface area contributed by atoms with Crippen LogP contribution in [0.15, 0.2) is 59.6 Å². The Labute approximate surface area is 196 Å². The quantitative estimate of drug-likeness (QED) is 0.152. The zero-order chi connectivity index (χ0) is 20.7. The molecular weight excluding hydrogens is 493 g/mol. The highest BCUT2D eigenvalue weighted by atomic mass is 127. The van der Waals surface area contributed by atoms with Gasteiger partial charge in [-0.25, -0.2) is 4.79 Å². The van der Waals surface area contributed by atoms with Crippen LogP contribution in [-0.2, 0) is 22.6 Å². The van der Waals surface area contributed by atoms with Crippen LogP contribution >= 0.6 is 24.0 Å². The standard InChI is InChI=1S/C23H31N3O3.HI/c1-3-28-15-8-7-14-25-23(24-2)26-17-20-12-9-13-21(16-20)22(27)29-18-19-10-5-4-6-11-19;/h4-6,9-13,16H,3,7-8,14-15,17-18H2,1-2H3,(H2,24,25,26);1H. The highest BCUT2D eigenvalue weighted by Crippen LogP contribution is 2.09. The van der Waals surface area contributed by atoms with E-state index in [0.29, 0.717) is 12.1 Å². The molecule has 0 aliphatic heterocycles. The fraction of sp³-hybridized carbons (Fsp3) is 0.391. The first kappa shape index (κ1) is 25.9. The molecule has 0 saturated heterocycles. The number of nitrogens with one attached hydrogen (secondary N) is 2. The molecule has 0 aliphatic carbocycles. The fourth-order valence-corrected chi connectivity index (χ4v) is 2.70. The van der Waals surface area contributed by atoms with E-state index in [-0.39, 0.29) is 36.6 Å². The van der Waals surface area contributed by atoms with Crippen LogP contribution in [0.3, 0.4) is 0 Å². The van der Waals surface area contributed by atoms with Gasteiger partial charge in [0.25, 0.3) is 0 Å². The third-order valence-electron chi connectivity index (χ3n) is 4.27. The van der Waals surface area contributed by atoms with Gasteiger partial charge in [-0.2, -0.15) is 0 Å². The van der Waals surface area contributed by atoms with Crippen LogP contribution < -0.4 is 10.6 Å². The molecule has 6 nitrogen and oxygen atoms in total. The highest BCUT2D eigenvalue weighted by molar-refractivity contribution is 14.0. The van der Waals surface area contributed by atoms with E-state index < -0.39 is 0 Å². The molecular formula is C23H32IN3O3. The maximum Gasteiger partial charge on any atom is 0.338 e. The first-order valence-corrected chi connectivity index (χ1v) is 10.0. The Hall–Kier alpha value is -2.13. The van der Waals surface area contributed by atoms with E-state index in [0.717, 1.165) is 49.7 Å². The number of unbranched alkanes of at least 4 members (excludes halogenated alkanes) is 1. The lowest BCUT2D eigenvalue weighted by molar-refractivity contribution is 0.0472. The van der Waals surface area contributed by atoms with Crippen LogP contribution in [0.4, 0.5) is 0 Å². The molecule has 0 aromatic heterocycles. The van der Waals surface area contributed by atoms with Gasteiger partial charge in [-0.3, -0.25) is 4.99 Å². The number of halogens is 1. The van der Waals surface area contributed by atoms with E-state index in [2.05, 4.69) is 15.6 Å². The second kappa shape index (κ2) is 15.7. The minimum Gasteiger partial charge on any atom is -0.457 e. The monoisotopic (exact) mass is 525 g/mol. The van der Waals surface area contributed by atoms with Gasteiger partial charge in [0.15, 0.2) is 5.96 Å². The van der Waals surface area contributed by atoms with Gasteiger partial charge in [0.1, 0.15) is 6.61 Å². The number of hydrogen-bond donors (Lipinski definition) is 2. The normalized spacial score (nSPS) is 10.8. The second-order valence-corrected chi connectivity index (χ2v) is 6.52. The van der Waals surface area contributed by atoms with Gasteiger partial charge in [-0.15, -0.1) is 24.0 Å². The van der Waals surface area contributed by atoms with Crippen LogP contribution in [0.1, 0.15) is 41.3 Å². The molecule has 2 aromatic rings. The third kappa shape index (κ3) is 10.1. The number of guanidine groups is 1. The number of nitrogens with zero attached hydrogens (tertiary/aromatic N) is 1. The molecule has 2 N–H and O–H groups in total. The second-order valence-electron chi connectivity index (χ2n) is 6.52. The Morgan fingerprint density at radius 3 is 2.50 bits per heavy atom. The van der Waals surface area contributed by atoms with Gasteiger partial charge >= 0.3 is 5.97 Å². The minimum absolute atomic E-state index is 0. The SMILES string of the molecule is CCOCCCCNC(=NC)NCc1cccc(C(=O)OCc2ccccc2)c1.I. The van der Waals surface area contributed by atoms with Gasteiger partial charge in [0.05, 0.1) is 5.56 Å². The summed E-state index contributed by atoms with van der Waals surface area (Å²) in [4.78, 5) is 16.6. The van der Waals surface area contributed by atoms with Crippen molar-refractivity contribution in [3.63, 3.8) is 0 Å². The van der Waals surface area contributed by atoms with Gasteiger partial charge in [-0.1, -0.05) is 42.5 Å². The van der Waals surface area contributed by atoms with E-state index >= 15 is 0 Å². The van der Waals surface area contributed by atoms with E-state index in [4.69, 9.17) is 9.47 Å². The molecule has 0 aliphatic rings. The maximum absolute atomic E-state index is 12.3. The lowest BCUT2D eigenvalue weighted by Gasteiger charge is -2.12. The van der Waals surface area contributed by atoms with Crippen molar-refractivity contribution in [3.8, 4) is 0 Å². The largest absolute Gasteiger partial charge is 0.457 e. The van der Waals surface area contributed by atoms with Crippen molar-refractivity contribution >= 4 is 35.9 Å². The van der Waals surface area contributed by atoms with Crippen molar-refractivity contribution < 1.29 is 14.3 Å². The summed E-state index contributed by atoms with van der Waals surface area (Å²) < 4.78 is 10.7. The van der Waals surface area contributed by atoms with Crippen LogP contribution in [-0.4, -0.2) is 38.7 Å². The molecule has 0 radical (unpaired) electrons. The fourth-order valence-electron chi connectivity index (χ4n) is 2.70. The summed E-state index contributed by atoms with van der Waals surface area (Å²) in [5, 5.41) is 6.55. The Morgan fingerprint density at radius 1 is 1.00 bits per heavy atom. The van der Waals surface area contributed by atoms with E-state index in [1.165, 1.54) is 0 Å². The molecule has 0 heterocycles. The Kier molecular flexibility index (Phi) is 13.5. The summed E-state index contributed by atoms with van der Waals surface area (Å²) in [5.74, 6) is 0.408. The first-order chi connectivity index (χ1) is 14.2. The number of aliphatic imine (C=N–C) groups is 1. The lowest BCUT2D eigenvalue weighted by atomic mass is 10.1. The molecule has 0 unspecified atom stereocenters. The van der Waals surface area contributed by atoms with Gasteiger partial charge in [-0.05, 0) is 43.0 Å². The third-order valence-corrected chi connectivity index (χ3v) is 4.27. The topological polar surface area (TPSA) is 72.0 Å². The van der Waals surface area contributed by atoms with Crippen molar-refractivity contribution in [2.45, 2.75) is 32.9 Å². The number of benzene rings is 2. The van der Waals surface area contributed by atoms with Gasteiger partial charge in [0.2, 0.25) is 0 Å². The average molecular weight is 525 g/mol. The summed E-state index contributed by atoms with van der Waals surface area (Å²) in [6, 6.07) is 17.1. The number of carbonyl (C=O) groups excluding carboxylic acids is 1. The smallest absolute Gasteiger partial charge is 0.338 e. The van der Waals surface area contributed by atoms with Crippen molar-refractivity contribution in [1.29, 1.82) is 0 Å². The first-order valence-electron chi connectivity index (χ1n) is 10.0. The zero-order valence-electron chi connectivity index (χ0n) is 17.7. The van der Waals surface area contributed by atoms with Crippen LogP contribution in [0, 0.1) is 0 Å². The van der Waals surface area contributed by atoms with E-state index in [1.807, 2.05) is 55.5 Å². The average Bonchev–Trinajstić information content (AvgIpc) is 2.77. The predicted molar refractivity (Wildman–Crippen MR) is 131 cm³/mol. The van der Waals surface area contributed by atoms with Crippen LogP contribution in [0.25, 0.3) is 0 Å². The molecule has 0 atom stereocenters. The predicted octanol–water partition coefficient (Wildman–Crippen LogP) is 4.14. The summed E-state index contributed by atoms with van der Waals surface area (Å²) in [6.45, 7) is 5.22. The van der Waals surface area contributed by atoms with Gasteiger partial charge in [0, 0.05) is 33.4 Å². The number of rotatable bonds is 11. The molecule has 0 spiro atoms. The molecule has 2 rings (SSSR count).